The van der Waals surface area contributed by atoms with E-state index < -0.39 is 9.84 Å². The molecule has 1 heterocycles. The molecule has 5 nitrogen and oxygen atoms in total. The molecule has 1 atom stereocenters. The van der Waals surface area contributed by atoms with E-state index >= 15 is 0 Å². The number of benzene rings is 2. The van der Waals surface area contributed by atoms with Crippen LogP contribution < -0.4 is 10.2 Å². The van der Waals surface area contributed by atoms with Crippen LogP contribution in [-0.4, -0.2) is 38.9 Å². The first-order valence-corrected chi connectivity index (χ1v) is 10.1. The van der Waals surface area contributed by atoms with Gasteiger partial charge in [0.25, 0.3) is 5.91 Å². The molecule has 1 saturated heterocycles. The Bertz CT molecular complexity index is 881. The molecule has 2 aromatic carbocycles. The third-order valence-corrected chi connectivity index (χ3v) is 6.36. The molecule has 0 aromatic heterocycles. The maximum absolute atomic E-state index is 12.2. The normalized spacial score (nSPS) is 18.7. The summed E-state index contributed by atoms with van der Waals surface area (Å²) in [4.78, 5) is 14.2. The van der Waals surface area contributed by atoms with Gasteiger partial charge in [-0.25, -0.2) is 8.42 Å². The third kappa shape index (κ3) is 4.32. The largest absolute Gasteiger partial charge is 0.371 e. The van der Waals surface area contributed by atoms with Gasteiger partial charge in [-0.05, 0) is 48.9 Å². The monoisotopic (exact) mass is 378 g/mol. The predicted octanol–water partition coefficient (Wildman–Crippen LogP) is 3.22. The van der Waals surface area contributed by atoms with Gasteiger partial charge in [-0.15, -0.1) is 0 Å². The summed E-state index contributed by atoms with van der Waals surface area (Å²) in [6.45, 7) is 0. The van der Waals surface area contributed by atoms with Gasteiger partial charge in [0.15, 0.2) is 9.84 Å². The van der Waals surface area contributed by atoms with Gasteiger partial charge in [-0.3, -0.25) is 4.79 Å². The fourth-order valence-corrected chi connectivity index (χ4v) is 4.87. The Morgan fingerprint density at radius 1 is 1.20 bits per heavy atom. The summed E-state index contributed by atoms with van der Waals surface area (Å²) >= 11 is 5.90. The lowest BCUT2D eigenvalue weighted by molar-refractivity contribution is 0.102. The van der Waals surface area contributed by atoms with Crippen molar-refractivity contribution in [1.29, 1.82) is 0 Å². The Kier molecular flexibility index (Phi) is 5.01. The lowest BCUT2D eigenvalue weighted by Crippen LogP contribution is -2.32. The number of carbonyl (C=O) groups excluding carboxylic acids is 1. The molecule has 0 spiro atoms. The van der Waals surface area contributed by atoms with Gasteiger partial charge in [0.1, 0.15) is 0 Å². The van der Waals surface area contributed by atoms with E-state index in [4.69, 9.17) is 11.6 Å². The number of nitrogens with one attached hydrogen (secondary N) is 1. The SMILES string of the molecule is CN(c1ccc(NC(=O)c2cccc(Cl)c2)cc1)C1CCS(=O)(=O)C1. The van der Waals surface area contributed by atoms with Crippen LogP contribution in [0, 0.1) is 0 Å². The quantitative estimate of drug-likeness (QED) is 0.887. The van der Waals surface area contributed by atoms with Crippen molar-refractivity contribution in [2.75, 3.05) is 28.8 Å². The van der Waals surface area contributed by atoms with Gasteiger partial charge in [0.05, 0.1) is 11.5 Å². The second kappa shape index (κ2) is 7.06. The molecule has 7 heteroatoms. The number of nitrogens with zero attached hydrogens (tertiary/aromatic N) is 1. The summed E-state index contributed by atoms with van der Waals surface area (Å²) in [5.41, 5.74) is 2.08. The van der Waals surface area contributed by atoms with E-state index in [1.807, 2.05) is 24.1 Å². The molecule has 1 aliphatic heterocycles. The number of anilines is 2. The van der Waals surface area contributed by atoms with E-state index in [9.17, 15) is 13.2 Å². The average Bonchev–Trinajstić information content (AvgIpc) is 2.95. The zero-order valence-corrected chi connectivity index (χ0v) is 15.3. The molecule has 0 saturated carbocycles. The molecular formula is C18H19ClN2O3S. The Morgan fingerprint density at radius 2 is 1.92 bits per heavy atom. The molecule has 3 rings (SSSR count). The van der Waals surface area contributed by atoms with Crippen LogP contribution in [-0.2, 0) is 9.84 Å². The molecule has 1 aliphatic rings. The molecule has 25 heavy (non-hydrogen) atoms. The van der Waals surface area contributed by atoms with E-state index in [1.54, 1.807) is 36.4 Å². The summed E-state index contributed by atoms with van der Waals surface area (Å²) in [5, 5.41) is 3.33. The van der Waals surface area contributed by atoms with E-state index in [0.717, 1.165) is 5.69 Å². The number of amides is 1. The molecule has 0 aliphatic carbocycles. The van der Waals surface area contributed by atoms with Crippen molar-refractivity contribution in [3.05, 3.63) is 59.1 Å². The van der Waals surface area contributed by atoms with Gasteiger partial charge in [0.2, 0.25) is 0 Å². The van der Waals surface area contributed by atoms with E-state index in [0.29, 0.717) is 22.7 Å². The fraction of sp³-hybridized carbons (Fsp3) is 0.278. The Hall–Kier alpha value is -2.05. The van der Waals surface area contributed by atoms with Crippen LogP contribution in [0.1, 0.15) is 16.8 Å². The van der Waals surface area contributed by atoms with Crippen molar-refractivity contribution in [2.45, 2.75) is 12.5 Å². The Morgan fingerprint density at radius 3 is 2.52 bits per heavy atom. The number of rotatable bonds is 4. The first-order valence-electron chi connectivity index (χ1n) is 7.94. The van der Waals surface area contributed by atoms with Gasteiger partial charge in [-0.1, -0.05) is 17.7 Å². The number of carbonyl (C=O) groups is 1. The molecule has 1 amide bonds. The van der Waals surface area contributed by atoms with E-state index in [1.165, 1.54) is 0 Å². The highest BCUT2D eigenvalue weighted by Crippen LogP contribution is 2.24. The lowest BCUT2D eigenvalue weighted by atomic mass is 10.2. The minimum atomic E-state index is -2.92. The second-order valence-electron chi connectivity index (χ2n) is 6.18. The number of halogens is 1. The smallest absolute Gasteiger partial charge is 0.255 e. The minimum absolute atomic E-state index is 0.00287. The molecule has 1 unspecified atom stereocenters. The summed E-state index contributed by atoms with van der Waals surface area (Å²) in [7, 11) is -1.02. The summed E-state index contributed by atoms with van der Waals surface area (Å²) in [6.07, 6.45) is 0.645. The van der Waals surface area contributed by atoms with E-state index in [2.05, 4.69) is 5.32 Å². The highest BCUT2D eigenvalue weighted by atomic mass is 35.5. The average molecular weight is 379 g/mol. The van der Waals surface area contributed by atoms with Crippen LogP contribution in [0.4, 0.5) is 11.4 Å². The summed E-state index contributed by atoms with van der Waals surface area (Å²) in [5.74, 6) is 0.206. The van der Waals surface area contributed by atoms with Crippen molar-refractivity contribution in [3.63, 3.8) is 0 Å². The molecule has 0 radical (unpaired) electrons. The Labute approximate surface area is 152 Å². The maximum atomic E-state index is 12.2. The van der Waals surface area contributed by atoms with Crippen LogP contribution in [0.2, 0.25) is 5.02 Å². The molecule has 1 fully saturated rings. The standard InChI is InChI=1S/C18H19ClN2O3S/c1-21(17-9-10-25(23,24)12-17)16-7-5-15(6-8-16)20-18(22)13-3-2-4-14(19)11-13/h2-8,11,17H,9-10,12H2,1H3,(H,20,22). The molecule has 132 valence electrons. The van der Waals surface area contributed by atoms with Gasteiger partial charge in [-0.2, -0.15) is 0 Å². The highest BCUT2D eigenvalue weighted by molar-refractivity contribution is 7.91. The topological polar surface area (TPSA) is 66.5 Å². The Balaban J connectivity index is 1.67. The molecule has 2 aromatic rings. The first-order chi connectivity index (χ1) is 11.8. The van der Waals surface area contributed by atoms with Crippen LogP contribution in [0.25, 0.3) is 0 Å². The van der Waals surface area contributed by atoms with Crippen molar-refractivity contribution < 1.29 is 13.2 Å². The third-order valence-electron chi connectivity index (χ3n) is 4.38. The zero-order valence-electron chi connectivity index (χ0n) is 13.8. The molecule has 1 N–H and O–H groups in total. The van der Waals surface area contributed by atoms with E-state index in [-0.39, 0.29) is 23.5 Å². The fourth-order valence-electron chi connectivity index (χ4n) is 2.90. The van der Waals surface area contributed by atoms with Crippen LogP contribution >= 0.6 is 11.6 Å². The maximum Gasteiger partial charge on any atom is 0.255 e. The van der Waals surface area contributed by atoms with Crippen LogP contribution in [0.5, 0.6) is 0 Å². The van der Waals surface area contributed by atoms with Crippen LogP contribution in [0.15, 0.2) is 48.5 Å². The molecule has 0 bridgehead atoms. The second-order valence-corrected chi connectivity index (χ2v) is 8.84. The van der Waals surface area contributed by atoms with Gasteiger partial charge in [0, 0.05) is 35.1 Å². The minimum Gasteiger partial charge on any atom is -0.371 e. The predicted molar refractivity (Wildman–Crippen MR) is 101 cm³/mol. The zero-order chi connectivity index (χ0) is 18.0. The highest BCUT2D eigenvalue weighted by Gasteiger charge is 2.30. The lowest BCUT2D eigenvalue weighted by Gasteiger charge is -2.25. The number of hydrogen-bond acceptors (Lipinski definition) is 4. The number of hydrogen-bond donors (Lipinski definition) is 1. The van der Waals surface area contributed by atoms with Crippen molar-refractivity contribution in [3.8, 4) is 0 Å². The molecular weight excluding hydrogens is 360 g/mol. The first kappa shape index (κ1) is 17.8. The summed E-state index contributed by atoms with van der Waals surface area (Å²) in [6, 6.07) is 14.1. The van der Waals surface area contributed by atoms with Crippen molar-refractivity contribution >= 4 is 38.7 Å². The van der Waals surface area contributed by atoms with Crippen molar-refractivity contribution in [2.24, 2.45) is 0 Å². The van der Waals surface area contributed by atoms with Gasteiger partial charge >= 0.3 is 0 Å². The van der Waals surface area contributed by atoms with Crippen molar-refractivity contribution in [1.82, 2.24) is 0 Å². The van der Waals surface area contributed by atoms with Gasteiger partial charge < -0.3 is 10.2 Å². The number of sulfone groups is 1. The summed E-state index contributed by atoms with van der Waals surface area (Å²) < 4.78 is 23.3. The van der Waals surface area contributed by atoms with Crippen LogP contribution in [0.3, 0.4) is 0 Å².